The molecule has 164 valence electrons. The third kappa shape index (κ3) is 6.73. The fourth-order valence-electron chi connectivity index (χ4n) is 3.43. The van der Waals surface area contributed by atoms with E-state index < -0.39 is 0 Å². The molecule has 1 fully saturated rings. The number of rotatable bonds is 8. The first kappa shape index (κ1) is 22.7. The van der Waals surface area contributed by atoms with Gasteiger partial charge in [-0.25, -0.2) is 4.79 Å². The first-order valence-corrected chi connectivity index (χ1v) is 10.6. The summed E-state index contributed by atoms with van der Waals surface area (Å²) in [5.74, 6) is 0.696. The van der Waals surface area contributed by atoms with Gasteiger partial charge in [0.2, 0.25) is 0 Å². The van der Waals surface area contributed by atoms with Crippen LogP contribution < -0.4 is 21.1 Å². The van der Waals surface area contributed by atoms with E-state index in [1.165, 1.54) is 19.0 Å². The molecule has 2 aromatic carbocycles. The third-order valence-corrected chi connectivity index (χ3v) is 5.23. The van der Waals surface area contributed by atoms with Crippen LogP contribution in [-0.2, 0) is 0 Å². The first-order valence-electron chi connectivity index (χ1n) is 10.3. The Kier molecular flexibility index (Phi) is 8.32. The number of benzene rings is 2. The Hall–Kier alpha value is -3.03. The molecule has 8 heteroatoms. The monoisotopic (exact) mass is 441 g/mol. The summed E-state index contributed by atoms with van der Waals surface area (Å²) in [6.45, 7) is 3.72. The maximum Gasteiger partial charge on any atom is 0.323 e. The second-order valence-electron chi connectivity index (χ2n) is 7.16. The quantitative estimate of drug-likeness (QED) is 0.531. The molecule has 1 heterocycles. The van der Waals surface area contributed by atoms with Crippen molar-refractivity contribution < 1.29 is 9.53 Å². The molecular weight excluding hydrogens is 414 g/mol. The first-order chi connectivity index (χ1) is 15.1. The van der Waals surface area contributed by atoms with E-state index in [0.29, 0.717) is 34.5 Å². The van der Waals surface area contributed by atoms with Crippen LogP contribution in [0.2, 0.25) is 5.02 Å². The molecule has 0 aliphatic carbocycles. The van der Waals surface area contributed by atoms with E-state index in [1.54, 1.807) is 43.5 Å². The summed E-state index contributed by atoms with van der Waals surface area (Å²) in [5.41, 5.74) is 8.27. The van der Waals surface area contributed by atoms with E-state index >= 15 is 0 Å². The van der Waals surface area contributed by atoms with Gasteiger partial charge in [0.15, 0.2) is 0 Å². The molecule has 0 radical (unpaired) electrons. The predicted molar refractivity (Wildman–Crippen MR) is 127 cm³/mol. The van der Waals surface area contributed by atoms with Crippen LogP contribution in [0.4, 0.5) is 16.2 Å². The number of hydrogen-bond donors (Lipinski definition) is 3. The summed E-state index contributed by atoms with van der Waals surface area (Å²) in [6.07, 6.45) is 5.64. The normalized spacial score (nSPS) is 14.7. The minimum Gasteiger partial charge on any atom is -0.492 e. The van der Waals surface area contributed by atoms with Crippen LogP contribution in [0.5, 0.6) is 5.75 Å². The number of likely N-dealkylation sites (tertiary alicyclic amines) is 1. The standard InChI is InChI=1S/C23H28ClN5O2/c1-26-21(10-11-25)20-16-19(28-23(30)27-18-6-4-17(24)5-7-18)8-9-22(20)31-15-14-29-12-2-3-13-29/h4-11,16H,2-3,12-15,25H2,1H3,(H2,27,28,30). The van der Waals surface area contributed by atoms with Gasteiger partial charge in [0.05, 0.1) is 5.71 Å². The average Bonchev–Trinajstić information content (AvgIpc) is 3.28. The number of hydrogen-bond acceptors (Lipinski definition) is 5. The van der Waals surface area contributed by atoms with Crippen LogP contribution in [0, 0.1) is 0 Å². The number of halogens is 1. The number of ether oxygens (including phenoxy) is 1. The molecule has 2 aromatic rings. The van der Waals surface area contributed by atoms with Crippen LogP contribution in [0.1, 0.15) is 18.4 Å². The van der Waals surface area contributed by atoms with E-state index in [9.17, 15) is 4.79 Å². The Bertz CT molecular complexity index is 937. The molecule has 0 bridgehead atoms. The van der Waals surface area contributed by atoms with Crippen molar-refractivity contribution in [3.63, 3.8) is 0 Å². The number of aliphatic imine (C=N–C) groups is 1. The topological polar surface area (TPSA) is 92.0 Å². The number of nitrogens with two attached hydrogens (primary N) is 1. The largest absolute Gasteiger partial charge is 0.492 e. The van der Waals surface area contributed by atoms with Crippen LogP contribution in [0.3, 0.4) is 0 Å². The van der Waals surface area contributed by atoms with Gasteiger partial charge in [-0.05, 0) is 80.7 Å². The summed E-state index contributed by atoms with van der Waals surface area (Å²) in [4.78, 5) is 19.1. The van der Waals surface area contributed by atoms with Gasteiger partial charge in [-0.15, -0.1) is 0 Å². The van der Waals surface area contributed by atoms with Crippen molar-refractivity contribution in [1.29, 1.82) is 0 Å². The molecule has 1 saturated heterocycles. The SMILES string of the molecule is CN=C(C=CN)c1cc(NC(=O)Nc2ccc(Cl)cc2)ccc1OCCN1CCCC1. The van der Waals surface area contributed by atoms with Gasteiger partial charge < -0.3 is 21.1 Å². The number of nitrogens with one attached hydrogen (secondary N) is 2. The lowest BCUT2D eigenvalue weighted by Crippen LogP contribution is -2.25. The highest BCUT2D eigenvalue weighted by molar-refractivity contribution is 6.30. The Morgan fingerprint density at radius 1 is 1.16 bits per heavy atom. The third-order valence-electron chi connectivity index (χ3n) is 4.97. The maximum absolute atomic E-state index is 12.4. The number of amides is 2. The zero-order chi connectivity index (χ0) is 22.1. The van der Waals surface area contributed by atoms with Gasteiger partial charge in [0.25, 0.3) is 0 Å². The van der Waals surface area contributed by atoms with Crippen molar-refractivity contribution in [2.24, 2.45) is 10.7 Å². The molecule has 1 aliphatic rings. The molecule has 0 unspecified atom stereocenters. The summed E-state index contributed by atoms with van der Waals surface area (Å²) < 4.78 is 6.06. The molecule has 1 aliphatic heterocycles. The lowest BCUT2D eigenvalue weighted by atomic mass is 10.1. The number of carbonyl (C=O) groups is 1. The highest BCUT2D eigenvalue weighted by atomic mass is 35.5. The van der Waals surface area contributed by atoms with Crippen LogP contribution in [0.25, 0.3) is 0 Å². The average molecular weight is 442 g/mol. The lowest BCUT2D eigenvalue weighted by Gasteiger charge is -2.17. The molecule has 2 amide bonds. The van der Waals surface area contributed by atoms with Crippen LogP contribution in [-0.4, -0.2) is 49.9 Å². The number of anilines is 2. The second kappa shape index (κ2) is 11.4. The molecule has 4 N–H and O–H groups in total. The molecule has 7 nitrogen and oxygen atoms in total. The second-order valence-corrected chi connectivity index (χ2v) is 7.60. The van der Waals surface area contributed by atoms with Crippen molar-refractivity contribution in [3.8, 4) is 5.75 Å². The fraction of sp³-hybridized carbons (Fsp3) is 0.304. The lowest BCUT2D eigenvalue weighted by molar-refractivity contribution is 0.237. The van der Waals surface area contributed by atoms with Crippen molar-refractivity contribution in [1.82, 2.24) is 4.90 Å². The van der Waals surface area contributed by atoms with Crippen molar-refractivity contribution in [2.45, 2.75) is 12.8 Å². The predicted octanol–water partition coefficient (Wildman–Crippen LogP) is 4.35. The highest BCUT2D eigenvalue weighted by Gasteiger charge is 2.14. The van der Waals surface area contributed by atoms with Gasteiger partial charge in [0, 0.05) is 35.6 Å². The van der Waals surface area contributed by atoms with Crippen molar-refractivity contribution in [2.75, 3.05) is 43.9 Å². The summed E-state index contributed by atoms with van der Waals surface area (Å²) in [6, 6.07) is 12.0. The maximum atomic E-state index is 12.4. The van der Waals surface area contributed by atoms with E-state index in [0.717, 1.165) is 25.2 Å². The van der Waals surface area contributed by atoms with Crippen LogP contribution >= 0.6 is 11.6 Å². The van der Waals surface area contributed by atoms with Gasteiger partial charge in [-0.3, -0.25) is 9.89 Å². The Balaban J connectivity index is 1.71. The zero-order valence-corrected chi connectivity index (χ0v) is 18.4. The Morgan fingerprint density at radius 3 is 2.52 bits per heavy atom. The molecule has 0 atom stereocenters. The van der Waals surface area contributed by atoms with Gasteiger partial charge in [0.1, 0.15) is 12.4 Å². The van der Waals surface area contributed by atoms with E-state index in [4.69, 9.17) is 22.1 Å². The van der Waals surface area contributed by atoms with Gasteiger partial charge in [-0.2, -0.15) is 0 Å². The fourth-order valence-corrected chi connectivity index (χ4v) is 3.55. The number of nitrogens with zero attached hydrogens (tertiary/aromatic N) is 2. The Labute approximate surface area is 187 Å². The Morgan fingerprint density at radius 2 is 1.84 bits per heavy atom. The molecular formula is C23H28ClN5O2. The van der Waals surface area contributed by atoms with Crippen molar-refractivity contribution in [3.05, 3.63) is 65.3 Å². The number of urea groups is 1. The zero-order valence-electron chi connectivity index (χ0n) is 17.6. The summed E-state index contributed by atoms with van der Waals surface area (Å²) >= 11 is 5.88. The molecule has 0 spiro atoms. The molecule has 0 saturated carbocycles. The minimum atomic E-state index is -0.361. The summed E-state index contributed by atoms with van der Waals surface area (Å²) in [7, 11) is 1.69. The summed E-state index contributed by atoms with van der Waals surface area (Å²) in [5, 5.41) is 6.22. The number of allylic oxidation sites excluding steroid dienone is 1. The number of carbonyl (C=O) groups excluding carboxylic acids is 1. The van der Waals surface area contributed by atoms with E-state index in [2.05, 4.69) is 20.5 Å². The van der Waals surface area contributed by atoms with E-state index in [-0.39, 0.29) is 6.03 Å². The molecule has 31 heavy (non-hydrogen) atoms. The molecule has 0 aromatic heterocycles. The van der Waals surface area contributed by atoms with Gasteiger partial charge in [-0.1, -0.05) is 11.6 Å². The smallest absolute Gasteiger partial charge is 0.323 e. The highest BCUT2D eigenvalue weighted by Crippen LogP contribution is 2.25. The van der Waals surface area contributed by atoms with Crippen molar-refractivity contribution >= 4 is 34.7 Å². The van der Waals surface area contributed by atoms with Gasteiger partial charge >= 0.3 is 6.03 Å². The minimum absolute atomic E-state index is 0.361. The molecule has 3 rings (SSSR count). The van der Waals surface area contributed by atoms with Crippen LogP contribution in [0.15, 0.2) is 59.7 Å². The van der Waals surface area contributed by atoms with E-state index in [1.807, 2.05) is 12.1 Å².